The number of carbonyl (C=O) groups excluding carboxylic acids is 1. The Kier molecular flexibility index (Phi) is 3.87. The molecule has 3 rings (SSSR count). The Morgan fingerprint density at radius 3 is 3.00 bits per heavy atom. The Hall–Kier alpha value is -1.59. The fourth-order valence-electron chi connectivity index (χ4n) is 2.98. The van der Waals surface area contributed by atoms with Crippen LogP contribution in [0.4, 0.5) is 0 Å². The summed E-state index contributed by atoms with van der Waals surface area (Å²) in [5.74, 6) is 0.150. The molecular formula is C15H18ClN3O2. The maximum Gasteiger partial charge on any atom is 0.310 e. The van der Waals surface area contributed by atoms with E-state index in [0.29, 0.717) is 10.9 Å². The van der Waals surface area contributed by atoms with E-state index in [9.17, 15) is 4.79 Å². The van der Waals surface area contributed by atoms with Crippen molar-refractivity contribution in [3.05, 3.63) is 35.2 Å². The van der Waals surface area contributed by atoms with Gasteiger partial charge in [-0.15, -0.1) is 0 Å². The Morgan fingerprint density at radius 2 is 2.24 bits per heavy atom. The van der Waals surface area contributed by atoms with Crippen LogP contribution in [0.2, 0.25) is 5.02 Å². The lowest BCUT2D eigenvalue weighted by atomic mass is 9.99. The summed E-state index contributed by atoms with van der Waals surface area (Å²) in [6, 6.07) is 3.73. The van der Waals surface area contributed by atoms with Crippen molar-refractivity contribution < 1.29 is 9.53 Å². The van der Waals surface area contributed by atoms with Crippen LogP contribution in [0.15, 0.2) is 24.5 Å². The standard InChI is InChI=1S/C15H18ClN3O2/c1-10-5-18(9-13(10)15(20)21-2)7-12-8-19-6-11(16)3-4-14(19)17-12/h3-4,6,8,10,13H,5,7,9H2,1-2H3. The van der Waals surface area contributed by atoms with Gasteiger partial charge in [-0.25, -0.2) is 4.98 Å². The van der Waals surface area contributed by atoms with Crippen LogP contribution in [-0.2, 0) is 16.1 Å². The van der Waals surface area contributed by atoms with Gasteiger partial charge in [0.15, 0.2) is 0 Å². The highest BCUT2D eigenvalue weighted by atomic mass is 35.5. The number of nitrogens with zero attached hydrogens (tertiary/aromatic N) is 3. The van der Waals surface area contributed by atoms with E-state index in [4.69, 9.17) is 16.3 Å². The topological polar surface area (TPSA) is 46.8 Å². The van der Waals surface area contributed by atoms with E-state index in [0.717, 1.165) is 31.0 Å². The van der Waals surface area contributed by atoms with E-state index < -0.39 is 0 Å². The molecule has 0 aliphatic carbocycles. The molecule has 2 aromatic rings. The highest BCUT2D eigenvalue weighted by Crippen LogP contribution is 2.25. The van der Waals surface area contributed by atoms with Crippen LogP contribution >= 0.6 is 11.6 Å². The third-order valence-electron chi connectivity index (χ3n) is 4.04. The Morgan fingerprint density at radius 1 is 1.43 bits per heavy atom. The average Bonchev–Trinajstić information content (AvgIpc) is 3.00. The molecule has 1 saturated heterocycles. The molecule has 0 aromatic carbocycles. The van der Waals surface area contributed by atoms with Gasteiger partial charge in [0.25, 0.3) is 0 Å². The van der Waals surface area contributed by atoms with Crippen LogP contribution in [0.5, 0.6) is 0 Å². The molecule has 0 bridgehead atoms. The minimum absolute atomic E-state index is 0.0403. The molecular weight excluding hydrogens is 290 g/mol. The molecule has 2 atom stereocenters. The highest BCUT2D eigenvalue weighted by Gasteiger charge is 2.35. The molecule has 5 nitrogen and oxygen atoms in total. The predicted octanol–water partition coefficient (Wildman–Crippen LogP) is 2.23. The summed E-state index contributed by atoms with van der Waals surface area (Å²) in [4.78, 5) is 18.5. The van der Waals surface area contributed by atoms with Crippen molar-refractivity contribution >= 4 is 23.2 Å². The van der Waals surface area contributed by atoms with Crippen LogP contribution < -0.4 is 0 Å². The third-order valence-corrected chi connectivity index (χ3v) is 4.27. The maximum atomic E-state index is 11.7. The number of aromatic nitrogens is 2. The lowest BCUT2D eigenvalue weighted by molar-refractivity contribution is -0.146. The van der Waals surface area contributed by atoms with Crippen LogP contribution in [0.1, 0.15) is 12.6 Å². The minimum Gasteiger partial charge on any atom is -0.469 e. The van der Waals surface area contributed by atoms with Gasteiger partial charge in [0.1, 0.15) is 5.65 Å². The zero-order valence-corrected chi connectivity index (χ0v) is 12.9. The number of imidazole rings is 1. The van der Waals surface area contributed by atoms with Crippen LogP contribution in [0.25, 0.3) is 5.65 Å². The number of pyridine rings is 1. The second kappa shape index (κ2) is 5.66. The SMILES string of the molecule is COC(=O)C1CN(Cc2cn3cc(Cl)ccc3n2)CC1C. The zero-order valence-electron chi connectivity index (χ0n) is 12.1. The normalized spacial score (nSPS) is 22.8. The second-order valence-electron chi connectivity index (χ2n) is 5.65. The average molecular weight is 308 g/mol. The number of ether oxygens (including phenoxy) is 1. The molecule has 112 valence electrons. The summed E-state index contributed by atoms with van der Waals surface area (Å²) in [6.45, 7) is 4.43. The van der Waals surface area contributed by atoms with E-state index in [1.165, 1.54) is 7.11 Å². The summed E-state index contributed by atoms with van der Waals surface area (Å²) < 4.78 is 6.79. The fourth-order valence-corrected chi connectivity index (χ4v) is 3.15. The Balaban J connectivity index is 1.72. The predicted molar refractivity (Wildman–Crippen MR) is 80.1 cm³/mol. The second-order valence-corrected chi connectivity index (χ2v) is 6.08. The molecule has 6 heteroatoms. The van der Waals surface area contributed by atoms with Gasteiger partial charge in [-0.3, -0.25) is 9.69 Å². The summed E-state index contributed by atoms with van der Waals surface area (Å²) in [5, 5.41) is 0.687. The van der Waals surface area contributed by atoms with Crippen molar-refractivity contribution in [3.8, 4) is 0 Å². The van der Waals surface area contributed by atoms with Crippen molar-refractivity contribution in [1.29, 1.82) is 0 Å². The van der Waals surface area contributed by atoms with E-state index in [1.807, 2.05) is 28.9 Å². The molecule has 0 amide bonds. The number of hydrogen-bond donors (Lipinski definition) is 0. The first-order chi connectivity index (χ1) is 10.1. The Labute approximate surface area is 128 Å². The highest BCUT2D eigenvalue weighted by molar-refractivity contribution is 6.30. The number of fused-ring (bicyclic) bond motifs is 1. The van der Waals surface area contributed by atoms with Gasteiger partial charge < -0.3 is 9.14 Å². The van der Waals surface area contributed by atoms with Crippen molar-refractivity contribution in [2.45, 2.75) is 13.5 Å². The number of esters is 1. The van der Waals surface area contributed by atoms with Crippen molar-refractivity contribution in [2.24, 2.45) is 11.8 Å². The molecule has 1 aliphatic rings. The lowest BCUT2D eigenvalue weighted by Crippen LogP contribution is -2.24. The van der Waals surface area contributed by atoms with Crippen molar-refractivity contribution in [3.63, 3.8) is 0 Å². The van der Waals surface area contributed by atoms with Gasteiger partial charge in [-0.1, -0.05) is 18.5 Å². The molecule has 2 aromatic heterocycles. The number of halogens is 1. The Bertz CT molecular complexity index is 670. The van der Waals surface area contributed by atoms with Crippen LogP contribution in [0.3, 0.4) is 0 Å². The van der Waals surface area contributed by atoms with E-state index >= 15 is 0 Å². The minimum atomic E-state index is -0.119. The largest absolute Gasteiger partial charge is 0.469 e. The summed E-state index contributed by atoms with van der Waals surface area (Å²) in [6.07, 6.45) is 3.83. The first-order valence-corrected chi connectivity index (χ1v) is 7.38. The summed E-state index contributed by atoms with van der Waals surface area (Å²) in [7, 11) is 1.45. The number of carbonyl (C=O) groups is 1. The first-order valence-electron chi connectivity index (χ1n) is 7.00. The smallest absolute Gasteiger partial charge is 0.310 e. The molecule has 0 spiro atoms. The number of methoxy groups -OCH3 is 1. The van der Waals surface area contributed by atoms with Gasteiger partial charge in [0.05, 0.1) is 23.7 Å². The molecule has 0 N–H and O–H groups in total. The quantitative estimate of drug-likeness (QED) is 0.816. The van der Waals surface area contributed by atoms with Crippen molar-refractivity contribution in [2.75, 3.05) is 20.2 Å². The van der Waals surface area contributed by atoms with E-state index in [-0.39, 0.29) is 11.9 Å². The van der Waals surface area contributed by atoms with Gasteiger partial charge in [0, 0.05) is 32.0 Å². The van der Waals surface area contributed by atoms with Gasteiger partial charge in [-0.2, -0.15) is 0 Å². The fraction of sp³-hybridized carbons (Fsp3) is 0.467. The number of hydrogen-bond acceptors (Lipinski definition) is 4. The maximum absolute atomic E-state index is 11.7. The molecule has 0 radical (unpaired) electrons. The molecule has 2 unspecified atom stereocenters. The van der Waals surface area contributed by atoms with Crippen molar-refractivity contribution in [1.82, 2.24) is 14.3 Å². The van der Waals surface area contributed by atoms with Crippen LogP contribution in [0, 0.1) is 11.8 Å². The lowest BCUT2D eigenvalue weighted by Gasteiger charge is -2.13. The molecule has 1 aliphatic heterocycles. The molecule has 3 heterocycles. The first kappa shape index (κ1) is 14.4. The van der Waals surface area contributed by atoms with Gasteiger partial charge in [0.2, 0.25) is 0 Å². The molecule has 1 fully saturated rings. The van der Waals surface area contributed by atoms with E-state index in [2.05, 4.69) is 16.8 Å². The molecule has 0 saturated carbocycles. The van der Waals surface area contributed by atoms with Crippen LogP contribution in [-0.4, -0.2) is 40.5 Å². The zero-order chi connectivity index (χ0) is 15.0. The van der Waals surface area contributed by atoms with Gasteiger partial charge in [-0.05, 0) is 18.1 Å². The summed E-state index contributed by atoms with van der Waals surface area (Å²) in [5.41, 5.74) is 1.86. The number of likely N-dealkylation sites (tertiary alicyclic amines) is 1. The monoisotopic (exact) mass is 307 g/mol. The third kappa shape index (κ3) is 2.89. The van der Waals surface area contributed by atoms with E-state index in [1.54, 1.807) is 0 Å². The number of rotatable bonds is 3. The molecule has 21 heavy (non-hydrogen) atoms. The van der Waals surface area contributed by atoms with Gasteiger partial charge >= 0.3 is 5.97 Å². The summed E-state index contributed by atoms with van der Waals surface area (Å²) >= 11 is 5.98.